The summed E-state index contributed by atoms with van der Waals surface area (Å²) in [6, 6.07) is 12.2. The summed E-state index contributed by atoms with van der Waals surface area (Å²) in [5.74, 6) is 0. The van der Waals surface area contributed by atoms with Crippen LogP contribution in [0.2, 0.25) is 0 Å². The van der Waals surface area contributed by atoms with E-state index in [1.807, 2.05) is 12.1 Å². The van der Waals surface area contributed by atoms with Gasteiger partial charge < -0.3 is 0 Å². The fourth-order valence-electron chi connectivity index (χ4n) is 5.82. The van der Waals surface area contributed by atoms with Crippen LogP contribution in [0.15, 0.2) is 36.4 Å². The predicted molar refractivity (Wildman–Crippen MR) is 118 cm³/mol. The van der Waals surface area contributed by atoms with Crippen molar-refractivity contribution in [3.8, 4) is 11.1 Å². The van der Waals surface area contributed by atoms with Crippen molar-refractivity contribution in [2.24, 2.45) is 0 Å². The zero-order valence-corrected chi connectivity index (χ0v) is 18.5. The molecule has 1 atom stereocenters. The second-order valence-corrected chi connectivity index (χ2v) is 9.74. The minimum Gasteiger partial charge on any atom is -0.170 e. The van der Waals surface area contributed by atoms with Gasteiger partial charge in [-0.3, -0.25) is 0 Å². The maximum atomic E-state index is 14.3. The molecule has 2 aliphatic rings. The molecule has 1 unspecified atom stereocenters. The summed E-state index contributed by atoms with van der Waals surface area (Å²) in [5.41, 5.74) is 4.63. The van der Waals surface area contributed by atoms with Crippen LogP contribution in [0, 0.1) is 6.92 Å². The van der Waals surface area contributed by atoms with E-state index in [4.69, 9.17) is 0 Å². The highest BCUT2D eigenvalue weighted by molar-refractivity contribution is 5.82. The fourth-order valence-corrected chi connectivity index (χ4v) is 5.82. The average molecular weight is 415 g/mol. The molecule has 1 fully saturated rings. The molecule has 0 aliphatic heterocycles. The highest BCUT2D eigenvalue weighted by Gasteiger charge is 2.53. The largest absolute Gasteiger partial charge is 0.398 e. The van der Waals surface area contributed by atoms with Gasteiger partial charge >= 0.3 is 6.18 Å². The summed E-state index contributed by atoms with van der Waals surface area (Å²) in [5, 5.41) is 0. The van der Waals surface area contributed by atoms with E-state index in [2.05, 4.69) is 32.0 Å². The first-order valence-electron chi connectivity index (χ1n) is 11.6. The Labute approximate surface area is 178 Å². The smallest absolute Gasteiger partial charge is 0.170 e. The van der Waals surface area contributed by atoms with Crippen molar-refractivity contribution in [1.29, 1.82) is 0 Å². The van der Waals surface area contributed by atoms with Crippen LogP contribution >= 0.6 is 0 Å². The Bertz CT molecular complexity index is 918. The van der Waals surface area contributed by atoms with Gasteiger partial charge in [-0.05, 0) is 60.9 Å². The first kappa shape index (κ1) is 21.5. The van der Waals surface area contributed by atoms with Gasteiger partial charge in [-0.15, -0.1) is 0 Å². The van der Waals surface area contributed by atoms with Gasteiger partial charge in [0.2, 0.25) is 0 Å². The summed E-state index contributed by atoms with van der Waals surface area (Å²) < 4.78 is 43.0. The average Bonchev–Trinajstić information content (AvgIpc) is 3.29. The third kappa shape index (κ3) is 3.29. The molecular weight excluding hydrogens is 381 g/mol. The van der Waals surface area contributed by atoms with E-state index in [1.54, 1.807) is 6.07 Å². The topological polar surface area (TPSA) is 0 Å². The summed E-state index contributed by atoms with van der Waals surface area (Å²) in [6.07, 6.45) is 3.78. The molecule has 30 heavy (non-hydrogen) atoms. The molecule has 0 radical (unpaired) electrons. The molecule has 162 valence electrons. The number of alkyl halides is 3. The SMILES string of the molecule is CCCCCCC(C)(c1ccc2c(c1)C1(CCCC1)c1cc(C)ccc1-2)C(F)(F)F. The standard InChI is InChI=1S/C27H33F3/c1-4-5-6-7-14-25(3,27(28,29)30)20-11-13-22-21-12-10-19(2)17-23(21)26(24(22)18-20)15-8-9-16-26/h10-13,17-18H,4-9,14-16H2,1-3H3. The summed E-state index contributed by atoms with van der Waals surface area (Å²) in [7, 11) is 0. The van der Waals surface area contributed by atoms with Crippen molar-refractivity contribution in [2.45, 2.75) is 95.6 Å². The van der Waals surface area contributed by atoms with Gasteiger partial charge in [0, 0.05) is 5.41 Å². The van der Waals surface area contributed by atoms with Crippen LogP contribution in [0.3, 0.4) is 0 Å². The van der Waals surface area contributed by atoms with E-state index in [1.165, 1.54) is 23.6 Å². The molecular formula is C27H33F3. The van der Waals surface area contributed by atoms with E-state index < -0.39 is 11.6 Å². The molecule has 2 aromatic carbocycles. The molecule has 3 heteroatoms. The van der Waals surface area contributed by atoms with Crippen molar-refractivity contribution < 1.29 is 13.2 Å². The Kier molecular flexibility index (Phi) is 5.53. The van der Waals surface area contributed by atoms with Crippen molar-refractivity contribution in [2.75, 3.05) is 0 Å². The maximum absolute atomic E-state index is 14.3. The Morgan fingerprint density at radius 1 is 0.867 bits per heavy atom. The molecule has 1 spiro atoms. The van der Waals surface area contributed by atoms with Gasteiger partial charge in [0.05, 0.1) is 5.41 Å². The van der Waals surface area contributed by atoms with Gasteiger partial charge in [-0.25, -0.2) is 0 Å². The number of rotatable bonds is 6. The maximum Gasteiger partial charge on any atom is 0.398 e. The molecule has 0 aromatic heterocycles. The Morgan fingerprint density at radius 3 is 2.13 bits per heavy atom. The van der Waals surface area contributed by atoms with Crippen LogP contribution in [0.25, 0.3) is 11.1 Å². The Hall–Kier alpha value is -1.77. The van der Waals surface area contributed by atoms with Crippen molar-refractivity contribution in [3.05, 3.63) is 58.7 Å². The summed E-state index contributed by atoms with van der Waals surface area (Å²) in [4.78, 5) is 0. The second kappa shape index (κ2) is 7.73. The number of benzene rings is 2. The summed E-state index contributed by atoms with van der Waals surface area (Å²) >= 11 is 0. The number of unbranched alkanes of at least 4 members (excludes halogenated alkanes) is 3. The van der Waals surface area contributed by atoms with E-state index >= 15 is 0 Å². The molecule has 2 aliphatic carbocycles. The van der Waals surface area contributed by atoms with Crippen LogP contribution in [-0.2, 0) is 10.8 Å². The van der Waals surface area contributed by atoms with E-state index in [9.17, 15) is 13.2 Å². The normalized spacial score (nSPS) is 19.0. The fraction of sp³-hybridized carbons (Fsp3) is 0.556. The van der Waals surface area contributed by atoms with Crippen LogP contribution in [0.5, 0.6) is 0 Å². The van der Waals surface area contributed by atoms with Crippen LogP contribution < -0.4 is 0 Å². The lowest BCUT2D eigenvalue weighted by molar-refractivity contribution is -0.188. The molecule has 0 bridgehead atoms. The molecule has 0 N–H and O–H groups in total. The molecule has 1 saturated carbocycles. The number of hydrogen-bond acceptors (Lipinski definition) is 0. The highest BCUT2D eigenvalue weighted by atomic mass is 19.4. The lowest BCUT2D eigenvalue weighted by atomic mass is 9.72. The number of hydrogen-bond donors (Lipinski definition) is 0. The number of fused-ring (bicyclic) bond motifs is 5. The summed E-state index contributed by atoms with van der Waals surface area (Å²) in [6.45, 7) is 5.60. The van der Waals surface area contributed by atoms with Crippen molar-refractivity contribution in [3.63, 3.8) is 0 Å². The zero-order chi connectivity index (χ0) is 21.6. The Morgan fingerprint density at radius 2 is 1.50 bits per heavy atom. The molecule has 0 amide bonds. The number of halogens is 3. The molecule has 0 saturated heterocycles. The first-order chi connectivity index (χ1) is 14.2. The quantitative estimate of drug-likeness (QED) is 0.415. The number of aryl methyl sites for hydroxylation is 1. The van der Waals surface area contributed by atoms with Crippen molar-refractivity contribution >= 4 is 0 Å². The monoisotopic (exact) mass is 414 g/mol. The van der Waals surface area contributed by atoms with Gasteiger partial charge in [0.15, 0.2) is 0 Å². The van der Waals surface area contributed by atoms with Gasteiger partial charge in [0.1, 0.15) is 0 Å². The second-order valence-electron chi connectivity index (χ2n) is 9.74. The highest BCUT2D eigenvalue weighted by Crippen LogP contribution is 2.58. The van der Waals surface area contributed by atoms with Gasteiger partial charge in [-0.1, -0.05) is 87.4 Å². The van der Waals surface area contributed by atoms with Crippen LogP contribution in [0.4, 0.5) is 13.2 Å². The van der Waals surface area contributed by atoms with Crippen LogP contribution in [0.1, 0.15) is 93.9 Å². The van der Waals surface area contributed by atoms with Gasteiger partial charge in [0.25, 0.3) is 0 Å². The lowest BCUT2D eigenvalue weighted by Gasteiger charge is -2.34. The van der Waals surface area contributed by atoms with E-state index in [0.717, 1.165) is 56.1 Å². The lowest BCUT2D eigenvalue weighted by Crippen LogP contribution is -2.39. The Balaban J connectivity index is 1.80. The predicted octanol–water partition coefficient (Wildman–Crippen LogP) is 8.63. The first-order valence-corrected chi connectivity index (χ1v) is 11.6. The van der Waals surface area contributed by atoms with Crippen molar-refractivity contribution in [1.82, 2.24) is 0 Å². The minimum atomic E-state index is -4.25. The molecule has 0 heterocycles. The molecule has 0 nitrogen and oxygen atoms in total. The minimum absolute atomic E-state index is 0.0958. The molecule has 2 aromatic rings. The van der Waals surface area contributed by atoms with Crippen LogP contribution in [-0.4, -0.2) is 6.18 Å². The third-order valence-electron chi connectivity index (χ3n) is 7.77. The van der Waals surface area contributed by atoms with Gasteiger partial charge in [-0.2, -0.15) is 13.2 Å². The van der Waals surface area contributed by atoms with E-state index in [-0.39, 0.29) is 11.8 Å². The van der Waals surface area contributed by atoms with E-state index in [0.29, 0.717) is 12.0 Å². The third-order valence-corrected chi connectivity index (χ3v) is 7.77. The zero-order valence-electron chi connectivity index (χ0n) is 18.5. The molecule has 4 rings (SSSR count).